The maximum atomic E-state index is 12.1. The smallest absolute Gasteiger partial charge is 0.329 e. The molecule has 0 spiro atoms. The second-order valence-corrected chi connectivity index (χ2v) is 6.15. The van der Waals surface area contributed by atoms with Crippen molar-refractivity contribution < 1.29 is 19.1 Å². The molecule has 29 heavy (non-hydrogen) atoms. The number of para-hydroxylation sites is 1. The molecular weight excluding hydrogens is 370 g/mol. The highest BCUT2D eigenvalue weighted by molar-refractivity contribution is 6.39. The van der Waals surface area contributed by atoms with Gasteiger partial charge in [0.2, 0.25) is 0 Å². The molecule has 2 aromatic carbocycles. The summed E-state index contributed by atoms with van der Waals surface area (Å²) in [5, 5.41) is 6.46. The van der Waals surface area contributed by atoms with E-state index in [0.717, 1.165) is 18.4 Å². The average molecular weight is 397 g/mol. The molecule has 0 aliphatic rings. The summed E-state index contributed by atoms with van der Waals surface area (Å²) in [6, 6.07) is 12.7. The molecule has 0 saturated heterocycles. The number of hydrogen-bond donors (Lipinski definition) is 2. The van der Waals surface area contributed by atoms with Crippen molar-refractivity contribution in [2.45, 2.75) is 33.6 Å². The van der Waals surface area contributed by atoms with Crippen LogP contribution in [0.25, 0.3) is 0 Å². The molecule has 0 atom stereocenters. The summed E-state index contributed by atoms with van der Waals surface area (Å²) < 4.78 is 11.2. The zero-order valence-electron chi connectivity index (χ0n) is 17.0. The fourth-order valence-electron chi connectivity index (χ4n) is 2.55. The van der Waals surface area contributed by atoms with Crippen molar-refractivity contribution in [2.24, 2.45) is 5.10 Å². The number of rotatable bonds is 9. The minimum absolute atomic E-state index is 0.499. The van der Waals surface area contributed by atoms with Gasteiger partial charge >= 0.3 is 11.8 Å². The number of carbonyl (C=O) groups is 2. The fourth-order valence-corrected chi connectivity index (χ4v) is 2.55. The lowest BCUT2D eigenvalue weighted by Crippen LogP contribution is -2.32. The Bertz CT molecular complexity index is 865. The predicted molar refractivity (Wildman–Crippen MR) is 114 cm³/mol. The third-order valence-electron chi connectivity index (χ3n) is 3.96. The molecule has 0 fully saturated rings. The summed E-state index contributed by atoms with van der Waals surface area (Å²) in [6.45, 7) is 6.99. The third-order valence-corrected chi connectivity index (χ3v) is 3.96. The summed E-state index contributed by atoms with van der Waals surface area (Å²) in [5.41, 5.74) is 4.50. The van der Waals surface area contributed by atoms with Gasteiger partial charge in [0, 0.05) is 5.69 Å². The van der Waals surface area contributed by atoms with Gasteiger partial charge in [0.15, 0.2) is 11.5 Å². The largest absolute Gasteiger partial charge is 0.490 e. The van der Waals surface area contributed by atoms with Crippen LogP contribution in [-0.2, 0) is 16.0 Å². The third kappa shape index (κ3) is 6.64. The van der Waals surface area contributed by atoms with Crippen LogP contribution in [0.4, 0.5) is 5.69 Å². The van der Waals surface area contributed by atoms with Crippen molar-refractivity contribution in [2.75, 3.05) is 18.5 Å². The number of ether oxygens (including phenoxy) is 2. The van der Waals surface area contributed by atoms with Gasteiger partial charge in [0.1, 0.15) is 0 Å². The second-order valence-electron chi connectivity index (χ2n) is 6.15. The number of nitrogens with zero attached hydrogens (tertiary/aromatic N) is 1. The van der Waals surface area contributed by atoms with Crippen LogP contribution in [0.1, 0.15) is 38.3 Å². The topological polar surface area (TPSA) is 89.0 Å². The van der Waals surface area contributed by atoms with Crippen molar-refractivity contribution >= 4 is 23.7 Å². The monoisotopic (exact) mass is 397 g/mol. The Morgan fingerprint density at radius 1 is 1.00 bits per heavy atom. The predicted octanol–water partition coefficient (Wildman–Crippen LogP) is 3.53. The Kier molecular flexibility index (Phi) is 8.69. The molecule has 2 aromatic rings. The van der Waals surface area contributed by atoms with Gasteiger partial charge in [-0.2, -0.15) is 5.10 Å². The van der Waals surface area contributed by atoms with Gasteiger partial charge in [0.05, 0.1) is 19.4 Å². The first-order chi connectivity index (χ1) is 14.1. The van der Waals surface area contributed by atoms with E-state index >= 15 is 0 Å². The molecule has 0 aromatic heterocycles. The molecule has 0 heterocycles. The minimum atomic E-state index is -0.847. The first kappa shape index (κ1) is 21.9. The van der Waals surface area contributed by atoms with Crippen LogP contribution in [0.2, 0.25) is 0 Å². The van der Waals surface area contributed by atoms with Crippen LogP contribution in [0.15, 0.2) is 47.6 Å². The first-order valence-corrected chi connectivity index (χ1v) is 9.70. The fraction of sp³-hybridized carbons (Fsp3) is 0.318. The number of benzene rings is 2. The molecule has 0 radical (unpaired) electrons. The van der Waals surface area contributed by atoms with Crippen molar-refractivity contribution in [1.82, 2.24) is 5.43 Å². The van der Waals surface area contributed by atoms with Gasteiger partial charge in [-0.05, 0) is 55.2 Å². The number of carbonyl (C=O) groups excluding carboxylic acids is 2. The highest BCUT2D eigenvalue weighted by Gasteiger charge is 2.14. The molecule has 2 N–H and O–H groups in total. The number of aryl methyl sites for hydroxylation is 1. The van der Waals surface area contributed by atoms with Crippen molar-refractivity contribution in [3.8, 4) is 11.5 Å². The quantitative estimate of drug-likeness (QED) is 0.385. The highest BCUT2D eigenvalue weighted by atomic mass is 16.5. The summed E-state index contributed by atoms with van der Waals surface area (Å²) in [6.07, 6.45) is 3.08. The summed E-state index contributed by atoms with van der Waals surface area (Å²) >= 11 is 0. The average Bonchev–Trinajstić information content (AvgIpc) is 2.73. The summed E-state index contributed by atoms with van der Waals surface area (Å²) in [5.74, 6) is -0.365. The maximum absolute atomic E-state index is 12.1. The Morgan fingerprint density at radius 3 is 2.52 bits per heavy atom. The number of hydrazone groups is 1. The molecule has 7 heteroatoms. The lowest BCUT2D eigenvalue weighted by molar-refractivity contribution is -0.136. The Balaban J connectivity index is 1.98. The Labute approximate surface area is 171 Å². The van der Waals surface area contributed by atoms with Crippen LogP contribution in [0.5, 0.6) is 11.5 Å². The molecule has 2 rings (SSSR count). The number of nitrogens with one attached hydrogen (secondary N) is 2. The molecule has 0 bridgehead atoms. The lowest BCUT2D eigenvalue weighted by Gasteiger charge is -2.11. The SMILES string of the molecule is CCCOc1ccc(/C=N\NC(=O)C(=O)Nc2ccccc2CC)cc1OCC. The van der Waals surface area contributed by atoms with Crippen LogP contribution in [0, 0.1) is 0 Å². The Hall–Kier alpha value is -3.35. The second kappa shape index (κ2) is 11.5. The van der Waals surface area contributed by atoms with E-state index in [9.17, 15) is 9.59 Å². The zero-order chi connectivity index (χ0) is 21.1. The van der Waals surface area contributed by atoms with Gasteiger partial charge in [-0.15, -0.1) is 0 Å². The van der Waals surface area contributed by atoms with E-state index in [4.69, 9.17) is 9.47 Å². The van der Waals surface area contributed by atoms with Crippen molar-refractivity contribution in [3.63, 3.8) is 0 Å². The normalized spacial score (nSPS) is 10.6. The molecule has 0 unspecified atom stereocenters. The van der Waals surface area contributed by atoms with Crippen LogP contribution in [0.3, 0.4) is 0 Å². The standard InChI is InChI=1S/C22H27N3O4/c1-4-13-29-19-12-11-16(14-20(19)28-6-3)15-23-25-22(27)21(26)24-18-10-8-7-9-17(18)5-2/h7-12,14-15H,4-6,13H2,1-3H3,(H,24,26)(H,25,27)/b23-15-. The first-order valence-electron chi connectivity index (χ1n) is 9.70. The van der Waals surface area contributed by atoms with Gasteiger partial charge in [-0.3, -0.25) is 9.59 Å². The van der Waals surface area contributed by atoms with Crippen LogP contribution < -0.4 is 20.2 Å². The van der Waals surface area contributed by atoms with Gasteiger partial charge in [-0.25, -0.2) is 5.43 Å². The van der Waals surface area contributed by atoms with E-state index in [1.165, 1.54) is 6.21 Å². The number of amides is 2. The van der Waals surface area contributed by atoms with E-state index in [2.05, 4.69) is 15.8 Å². The van der Waals surface area contributed by atoms with Gasteiger partial charge < -0.3 is 14.8 Å². The maximum Gasteiger partial charge on any atom is 0.329 e. The molecule has 0 saturated carbocycles. The van der Waals surface area contributed by atoms with E-state index in [1.807, 2.05) is 32.9 Å². The Morgan fingerprint density at radius 2 is 1.79 bits per heavy atom. The van der Waals surface area contributed by atoms with E-state index in [1.54, 1.807) is 30.3 Å². The number of anilines is 1. The summed E-state index contributed by atoms with van der Waals surface area (Å²) in [7, 11) is 0. The molecule has 0 aliphatic carbocycles. The number of hydrogen-bond acceptors (Lipinski definition) is 5. The van der Waals surface area contributed by atoms with E-state index in [0.29, 0.717) is 36.0 Å². The lowest BCUT2D eigenvalue weighted by atomic mass is 10.1. The van der Waals surface area contributed by atoms with E-state index < -0.39 is 11.8 Å². The van der Waals surface area contributed by atoms with Gasteiger partial charge in [-0.1, -0.05) is 32.0 Å². The van der Waals surface area contributed by atoms with Gasteiger partial charge in [0.25, 0.3) is 0 Å². The highest BCUT2D eigenvalue weighted by Crippen LogP contribution is 2.28. The molecule has 154 valence electrons. The van der Waals surface area contributed by atoms with Crippen molar-refractivity contribution in [1.29, 1.82) is 0 Å². The molecule has 7 nitrogen and oxygen atoms in total. The van der Waals surface area contributed by atoms with Crippen molar-refractivity contribution in [3.05, 3.63) is 53.6 Å². The van der Waals surface area contributed by atoms with Crippen LogP contribution >= 0.6 is 0 Å². The summed E-state index contributed by atoms with van der Waals surface area (Å²) in [4.78, 5) is 24.1. The van der Waals surface area contributed by atoms with E-state index in [-0.39, 0.29) is 0 Å². The minimum Gasteiger partial charge on any atom is -0.490 e. The van der Waals surface area contributed by atoms with Crippen LogP contribution in [-0.4, -0.2) is 31.2 Å². The molecule has 0 aliphatic heterocycles. The molecular formula is C22H27N3O4. The zero-order valence-corrected chi connectivity index (χ0v) is 17.0. The molecule has 2 amide bonds.